The Balaban J connectivity index is 1.55. The van der Waals surface area contributed by atoms with Gasteiger partial charge in [0.25, 0.3) is 0 Å². The summed E-state index contributed by atoms with van der Waals surface area (Å²) in [7, 11) is 0. The molecule has 2 N–H and O–H groups in total. The molecule has 178 valence electrons. The summed E-state index contributed by atoms with van der Waals surface area (Å²) in [4.78, 5) is 23.9. The van der Waals surface area contributed by atoms with E-state index in [9.17, 15) is 9.59 Å². The molecule has 7 heteroatoms. The summed E-state index contributed by atoms with van der Waals surface area (Å²) in [6.45, 7) is 5.38. The van der Waals surface area contributed by atoms with Crippen LogP contribution in [0.1, 0.15) is 51.5 Å². The van der Waals surface area contributed by atoms with Crippen LogP contribution in [0.2, 0.25) is 0 Å². The Morgan fingerprint density at radius 2 is 1.67 bits per heavy atom. The van der Waals surface area contributed by atoms with Gasteiger partial charge in [0.15, 0.2) is 5.11 Å². The van der Waals surface area contributed by atoms with E-state index in [1.54, 1.807) is 0 Å². The Labute approximate surface area is 202 Å². The molecule has 0 aromatic heterocycles. The Kier molecular flexibility index (Phi) is 12.0. The number of carbonyl (C=O) groups is 2. The van der Waals surface area contributed by atoms with E-state index in [1.165, 1.54) is 5.56 Å². The van der Waals surface area contributed by atoms with Crippen molar-refractivity contribution >= 4 is 34.9 Å². The average molecular weight is 471 g/mol. The Hall–Kier alpha value is -2.93. The molecule has 2 aromatic carbocycles. The molecule has 0 radical (unpaired) electrons. The highest BCUT2D eigenvalue weighted by Gasteiger charge is 2.08. The Bertz CT molecular complexity index is 870. The molecule has 2 aromatic rings. The number of benzene rings is 2. The standard InChI is InChI=1S/C26H34N2O4S/c1-20(2)17-19-31-23-15-13-22(14-16-23)27-26(33)28-24(29)11-6-12-25(30)32-18-7-10-21-8-4-3-5-9-21/h3-5,8-9,13-16,20H,6-7,10-12,17-19H2,1-2H3,(H2,27,28,29,33). The highest BCUT2D eigenvalue weighted by atomic mass is 32.1. The van der Waals surface area contributed by atoms with Gasteiger partial charge in [-0.1, -0.05) is 44.2 Å². The minimum absolute atomic E-state index is 0.198. The number of hydrogen-bond acceptors (Lipinski definition) is 5. The molecular formula is C26H34N2O4S. The van der Waals surface area contributed by atoms with Crippen LogP contribution in [0.25, 0.3) is 0 Å². The molecule has 0 bridgehead atoms. The maximum absolute atomic E-state index is 12.1. The average Bonchev–Trinajstić information content (AvgIpc) is 2.78. The van der Waals surface area contributed by atoms with Gasteiger partial charge < -0.3 is 20.1 Å². The van der Waals surface area contributed by atoms with Gasteiger partial charge in [0.05, 0.1) is 13.2 Å². The molecule has 0 heterocycles. The topological polar surface area (TPSA) is 76.7 Å². The lowest BCUT2D eigenvalue weighted by Crippen LogP contribution is -2.34. The van der Waals surface area contributed by atoms with E-state index in [0.717, 1.165) is 30.7 Å². The fourth-order valence-electron chi connectivity index (χ4n) is 2.97. The van der Waals surface area contributed by atoms with Gasteiger partial charge in [-0.25, -0.2) is 0 Å². The van der Waals surface area contributed by atoms with Gasteiger partial charge in [0, 0.05) is 18.5 Å². The molecule has 0 spiro atoms. The number of anilines is 1. The molecule has 0 atom stereocenters. The third kappa shape index (κ3) is 12.0. The van der Waals surface area contributed by atoms with Crippen molar-refractivity contribution < 1.29 is 19.1 Å². The zero-order chi connectivity index (χ0) is 23.9. The summed E-state index contributed by atoms with van der Waals surface area (Å²) in [6.07, 6.45) is 3.47. The van der Waals surface area contributed by atoms with E-state index < -0.39 is 0 Å². The first-order valence-corrected chi connectivity index (χ1v) is 11.9. The van der Waals surface area contributed by atoms with Gasteiger partial charge in [0.1, 0.15) is 5.75 Å². The van der Waals surface area contributed by atoms with Crippen LogP contribution >= 0.6 is 12.2 Å². The van der Waals surface area contributed by atoms with Crippen molar-refractivity contribution in [2.24, 2.45) is 5.92 Å². The number of nitrogens with one attached hydrogen (secondary N) is 2. The van der Waals surface area contributed by atoms with Crippen molar-refractivity contribution in [3.63, 3.8) is 0 Å². The van der Waals surface area contributed by atoms with Crippen molar-refractivity contribution in [2.45, 2.75) is 52.4 Å². The summed E-state index contributed by atoms with van der Waals surface area (Å²) in [5, 5.41) is 5.83. The highest BCUT2D eigenvalue weighted by Crippen LogP contribution is 2.16. The lowest BCUT2D eigenvalue weighted by atomic mass is 10.1. The van der Waals surface area contributed by atoms with Crippen molar-refractivity contribution in [1.82, 2.24) is 5.32 Å². The molecule has 6 nitrogen and oxygen atoms in total. The summed E-state index contributed by atoms with van der Waals surface area (Å²) < 4.78 is 10.9. The number of amides is 1. The van der Waals surface area contributed by atoms with E-state index in [1.807, 2.05) is 42.5 Å². The first-order chi connectivity index (χ1) is 15.9. The number of rotatable bonds is 13. The fraction of sp³-hybridized carbons (Fsp3) is 0.423. The van der Waals surface area contributed by atoms with Gasteiger partial charge in [-0.2, -0.15) is 0 Å². The molecule has 0 saturated carbocycles. The summed E-state index contributed by atoms with van der Waals surface area (Å²) in [6, 6.07) is 17.5. The van der Waals surface area contributed by atoms with E-state index >= 15 is 0 Å². The zero-order valence-electron chi connectivity index (χ0n) is 19.5. The second-order valence-corrected chi connectivity index (χ2v) is 8.63. The predicted octanol–water partition coefficient (Wildman–Crippen LogP) is 5.27. The predicted molar refractivity (Wildman–Crippen MR) is 135 cm³/mol. The Morgan fingerprint density at radius 3 is 2.36 bits per heavy atom. The number of aryl methyl sites for hydroxylation is 1. The minimum Gasteiger partial charge on any atom is -0.494 e. The van der Waals surface area contributed by atoms with Crippen LogP contribution in [0.5, 0.6) is 5.75 Å². The van der Waals surface area contributed by atoms with Crippen LogP contribution < -0.4 is 15.4 Å². The molecule has 0 saturated heterocycles. The van der Waals surface area contributed by atoms with E-state index in [0.29, 0.717) is 25.6 Å². The molecule has 0 aliphatic rings. The smallest absolute Gasteiger partial charge is 0.305 e. The fourth-order valence-corrected chi connectivity index (χ4v) is 3.20. The maximum atomic E-state index is 12.1. The zero-order valence-corrected chi connectivity index (χ0v) is 20.3. The number of carbonyl (C=O) groups excluding carboxylic acids is 2. The van der Waals surface area contributed by atoms with Crippen LogP contribution in [-0.2, 0) is 20.7 Å². The maximum Gasteiger partial charge on any atom is 0.305 e. The quantitative estimate of drug-likeness (QED) is 0.236. The van der Waals surface area contributed by atoms with Gasteiger partial charge in [-0.05, 0) is 73.6 Å². The van der Waals surface area contributed by atoms with Crippen LogP contribution in [-0.4, -0.2) is 30.2 Å². The molecule has 0 fully saturated rings. The monoisotopic (exact) mass is 470 g/mol. The van der Waals surface area contributed by atoms with Crippen LogP contribution in [0.4, 0.5) is 5.69 Å². The largest absolute Gasteiger partial charge is 0.494 e. The summed E-state index contributed by atoms with van der Waals surface area (Å²) >= 11 is 5.19. The van der Waals surface area contributed by atoms with E-state index in [4.69, 9.17) is 21.7 Å². The third-order valence-corrected chi connectivity index (χ3v) is 5.03. The molecule has 2 rings (SSSR count). The molecule has 0 aliphatic carbocycles. The van der Waals surface area contributed by atoms with E-state index in [2.05, 4.69) is 36.6 Å². The lowest BCUT2D eigenvalue weighted by Gasteiger charge is -2.11. The third-order valence-electron chi connectivity index (χ3n) is 4.83. The molecule has 0 unspecified atom stereocenters. The minimum atomic E-state index is -0.285. The SMILES string of the molecule is CC(C)CCOc1ccc(NC(=S)NC(=O)CCCC(=O)OCCCc2ccccc2)cc1. The summed E-state index contributed by atoms with van der Waals surface area (Å²) in [5.74, 6) is 0.871. The molecule has 0 aliphatic heterocycles. The number of esters is 1. The summed E-state index contributed by atoms with van der Waals surface area (Å²) in [5.41, 5.74) is 1.98. The van der Waals surface area contributed by atoms with Crippen LogP contribution in [0, 0.1) is 5.92 Å². The van der Waals surface area contributed by atoms with Gasteiger partial charge in [-0.15, -0.1) is 0 Å². The number of thiocarbonyl (C=S) groups is 1. The first kappa shape index (κ1) is 26.3. The van der Waals surface area contributed by atoms with Crippen molar-refractivity contribution in [3.05, 3.63) is 60.2 Å². The van der Waals surface area contributed by atoms with E-state index in [-0.39, 0.29) is 29.8 Å². The van der Waals surface area contributed by atoms with Gasteiger partial charge in [-0.3, -0.25) is 9.59 Å². The number of hydrogen-bond donors (Lipinski definition) is 2. The van der Waals surface area contributed by atoms with Crippen molar-refractivity contribution in [2.75, 3.05) is 18.5 Å². The lowest BCUT2D eigenvalue weighted by molar-refractivity contribution is -0.143. The normalized spacial score (nSPS) is 10.5. The molecular weight excluding hydrogens is 436 g/mol. The number of ether oxygens (including phenoxy) is 2. The second-order valence-electron chi connectivity index (χ2n) is 8.22. The first-order valence-electron chi connectivity index (χ1n) is 11.5. The van der Waals surface area contributed by atoms with Crippen molar-refractivity contribution in [1.29, 1.82) is 0 Å². The second kappa shape index (κ2) is 15.0. The molecule has 1 amide bonds. The highest BCUT2D eigenvalue weighted by molar-refractivity contribution is 7.80. The van der Waals surface area contributed by atoms with Crippen LogP contribution in [0.15, 0.2) is 54.6 Å². The molecule has 33 heavy (non-hydrogen) atoms. The van der Waals surface area contributed by atoms with Crippen LogP contribution in [0.3, 0.4) is 0 Å². The van der Waals surface area contributed by atoms with Crippen molar-refractivity contribution in [3.8, 4) is 5.75 Å². The Morgan fingerprint density at radius 1 is 0.939 bits per heavy atom. The van der Waals surface area contributed by atoms with Gasteiger partial charge in [0.2, 0.25) is 5.91 Å². The van der Waals surface area contributed by atoms with Gasteiger partial charge >= 0.3 is 5.97 Å².